The van der Waals surface area contributed by atoms with Crippen molar-refractivity contribution in [3.8, 4) is 34.5 Å². The summed E-state index contributed by atoms with van der Waals surface area (Å²) in [6, 6.07) is 12.1. The van der Waals surface area contributed by atoms with E-state index in [0.29, 0.717) is 11.1 Å². The van der Waals surface area contributed by atoms with E-state index in [9.17, 15) is 70.6 Å². The van der Waals surface area contributed by atoms with E-state index in [2.05, 4.69) is 0 Å². The van der Waals surface area contributed by atoms with Crippen molar-refractivity contribution in [1.29, 1.82) is 0 Å². The molecule has 4 aliphatic rings. The Labute approximate surface area is 395 Å². The number of fused-ring (bicyclic) bond motifs is 1. The molecule has 25 nitrogen and oxygen atoms in total. The number of hydrogen-bond donors (Lipinski definition) is 12. The summed E-state index contributed by atoms with van der Waals surface area (Å²) in [7, 11) is 1.34. The third kappa shape index (κ3) is 11.8. The lowest BCUT2D eigenvalue weighted by Gasteiger charge is -2.45. The third-order valence-electron chi connectivity index (χ3n) is 11.4. The number of benzene rings is 3. The van der Waals surface area contributed by atoms with Crippen LogP contribution in [0.2, 0.25) is 0 Å². The molecular formula is C45H51O25+. The minimum Gasteiger partial charge on any atom is -0.571 e. The van der Waals surface area contributed by atoms with Crippen LogP contribution in [0.25, 0.3) is 12.2 Å². The summed E-state index contributed by atoms with van der Waals surface area (Å²) in [5, 5.41) is 126. The van der Waals surface area contributed by atoms with Crippen LogP contribution in [0.3, 0.4) is 0 Å². The number of carbonyl (C=O) groups is 3. The van der Waals surface area contributed by atoms with Crippen molar-refractivity contribution in [1.82, 2.24) is 0 Å². The van der Waals surface area contributed by atoms with E-state index in [1.807, 2.05) is 0 Å². The van der Waals surface area contributed by atoms with Gasteiger partial charge in [-0.25, -0.2) is 4.79 Å². The highest BCUT2D eigenvalue weighted by atomic mass is 16.8. The molecule has 15 unspecified atom stereocenters. The first-order chi connectivity index (χ1) is 33.3. The number of ether oxygens (including phenoxy) is 10. The van der Waals surface area contributed by atoms with Gasteiger partial charge >= 0.3 is 17.9 Å². The minimum atomic E-state index is -2.00. The molecule has 0 bridgehead atoms. The van der Waals surface area contributed by atoms with E-state index in [1.165, 1.54) is 67.8 Å². The van der Waals surface area contributed by atoms with Crippen molar-refractivity contribution in [2.45, 2.75) is 98.5 Å². The fourth-order valence-electron chi connectivity index (χ4n) is 7.64. The minimum absolute atomic E-state index is 0.00754. The second kappa shape index (κ2) is 22.2. The molecule has 13 N–H and O–H groups in total. The van der Waals surface area contributed by atoms with Crippen LogP contribution in [0, 0.1) is 0 Å². The molecular weight excluding hydrogens is 940 g/mol. The Morgan fingerprint density at radius 3 is 2.09 bits per heavy atom. The second-order valence-corrected chi connectivity index (χ2v) is 16.3. The molecule has 3 aromatic rings. The summed E-state index contributed by atoms with van der Waals surface area (Å²) >= 11 is 0. The highest BCUT2D eigenvalue weighted by Crippen LogP contribution is 2.47. The average Bonchev–Trinajstić information content (AvgIpc) is 3.32. The van der Waals surface area contributed by atoms with Gasteiger partial charge in [-0.15, -0.1) is 0 Å². The van der Waals surface area contributed by atoms with E-state index in [4.69, 9.17) is 52.5 Å². The predicted molar refractivity (Wildman–Crippen MR) is 228 cm³/mol. The second-order valence-electron chi connectivity index (χ2n) is 16.3. The molecule has 4 aliphatic heterocycles. The van der Waals surface area contributed by atoms with Crippen molar-refractivity contribution in [2.75, 3.05) is 26.9 Å². The maximum Gasteiger partial charge on any atom is 0.330 e. The molecule has 15 atom stereocenters. The fourth-order valence-corrected chi connectivity index (χ4v) is 7.64. The number of phenolic OH excluding ortho intramolecular Hbond substituents is 3. The number of aromatic hydroxyl groups is 4. The van der Waals surface area contributed by atoms with Crippen LogP contribution in [0.5, 0.6) is 34.5 Å². The largest absolute Gasteiger partial charge is 0.571 e. The van der Waals surface area contributed by atoms with E-state index in [0.717, 1.165) is 12.1 Å². The van der Waals surface area contributed by atoms with Crippen LogP contribution < -0.4 is 9.47 Å². The highest BCUT2D eigenvalue weighted by Gasteiger charge is 2.52. The summed E-state index contributed by atoms with van der Waals surface area (Å²) in [5.74, 6) is -4.71. The highest BCUT2D eigenvalue weighted by molar-refractivity contribution is 5.90. The Morgan fingerprint density at radius 2 is 1.39 bits per heavy atom. The number of aliphatic hydroxyl groups excluding tert-OH is 8. The van der Waals surface area contributed by atoms with Gasteiger partial charge in [-0.3, -0.25) is 9.59 Å². The zero-order valence-corrected chi connectivity index (χ0v) is 36.6. The van der Waals surface area contributed by atoms with E-state index >= 15 is 0 Å². The topological polar surface area (TPSA) is 390 Å². The maximum absolute atomic E-state index is 12.9. The first-order valence-electron chi connectivity index (χ1n) is 21.3. The van der Waals surface area contributed by atoms with Crippen LogP contribution in [0.1, 0.15) is 29.2 Å². The van der Waals surface area contributed by atoms with Crippen molar-refractivity contribution < 1.29 is 123 Å². The van der Waals surface area contributed by atoms with Gasteiger partial charge in [-0.2, -0.15) is 0 Å². The summed E-state index contributed by atoms with van der Waals surface area (Å²) in [6.07, 6.45) is -24.0. The number of carbonyl (C=O) groups excluding carboxylic acids is 2. The first-order valence-corrected chi connectivity index (χ1v) is 21.3. The van der Waals surface area contributed by atoms with Gasteiger partial charge in [0, 0.05) is 18.2 Å². The van der Waals surface area contributed by atoms with E-state index in [1.54, 1.807) is 0 Å². The van der Waals surface area contributed by atoms with Crippen molar-refractivity contribution >= 4 is 30.1 Å². The molecule has 70 heavy (non-hydrogen) atoms. The first kappa shape index (κ1) is 51.5. The predicted octanol–water partition coefficient (Wildman–Crippen LogP) is -2.10. The smallest absolute Gasteiger partial charge is 0.330 e. The zero-order valence-electron chi connectivity index (χ0n) is 36.6. The van der Waals surface area contributed by atoms with Crippen LogP contribution in [0.15, 0.2) is 66.4 Å². The zero-order chi connectivity index (χ0) is 50.6. The van der Waals surface area contributed by atoms with Gasteiger partial charge in [0.15, 0.2) is 29.7 Å². The molecule has 7 rings (SSSR count). The fraction of sp³-hybridized carbons (Fsp3) is 0.444. The lowest BCUT2D eigenvalue weighted by Crippen LogP contribution is -2.63. The monoisotopic (exact) mass is 991 g/mol. The molecule has 4 heterocycles. The van der Waals surface area contributed by atoms with Crippen LogP contribution in [0.4, 0.5) is 0 Å². The SMILES string of the molecule is COc1cc(C=CC(=O)OCC2OC(OC3=Cc4c(OC5OC(COC(=O)CC(=O)O)C(O)C(O)C5O)cc(O)cc4[OH+]C3c3ccc(O)cc3)C(OC3OCC(O)C(O)C3O)C(O)C2O)ccc1O. The number of phenols is 3. The quantitative estimate of drug-likeness (QED) is 0.0316. The molecule has 380 valence electrons. The summed E-state index contributed by atoms with van der Waals surface area (Å²) < 4.78 is 55.5. The number of rotatable bonds is 16. The van der Waals surface area contributed by atoms with Crippen molar-refractivity contribution in [2.24, 2.45) is 0 Å². The lowest BCUT2D eigenvalue weighted by atomic mass is 9.97. The molecule has 25 heteroatoms. The summed E-state index contributed by atoms with van der Waals surface area (Å²) in [5.41, 5.74) is 0.767. The van der Waals surface area contributed by atoms with Gasteiger partial charge in [0.25, 0.3) is 11.9 Å². The Hall–Kier alpha value is -6.33. The Bertz CT molecular complexity index is 2390. The Morgan fingerprint density at radius 1 is 0.714 bits per heavy atom. The molecule has 0 radical (unpaired) electrons. The number of carboxylic acids is 1. The number of esters is 2. The van der Waals surface area contributed by atoms with Crippen LogP contribution >= 0.6 is 0 Å². The number of aliphatic carboxylic acids is 1. The Kier molecular flexibility index (Phi) is 16.3. The van der Waals surface area contributed by atoms with Gasteiger partial charge < -0.3 is 109 Å². The summed E-state index contributed by atoms with van der Waals surface area (Å²) in [4.78, 5) is 35.8. The van der Waals surface area contributed by atoms with Crippen molar-refractivity contribution in [3.05, 3.63) is 83.1 Å². The van der Waals surface area contributed by atoms with Gasteiger partial charge in [0.1, 0.15) is 103 Å². The van der Waals surface area contributed by atoms with Gasteiger partial charge in [0.2, 0.25) is 12.6 Å². The number of hydrogen-bond acceptors (Lipinski definition) is 23. The molecule has 3 saturated heterocycles. The maximum atomic E-state index is 12.9. The average molecular weight is 992 g/mol. The van der Waals surface area contributed by atoms with Crippen molar-refractivity contribution in [3.63, 3.8) is 0 Å². The molecule has 0 saturated carbocycles. The van der Waals surface area contributed by atoms with Gasteiger partial charge in [-0.05, 0) is 48.0 Å². The number of carboxylic acid groups (broad SMARTS) is 1. The van der Waals surface area contributed by atoms with Crippen LogP contribution in [-0.2, 0) is 47.5 Å². The molecule has 0 spiro atoms. The number of methoxy groups -OCH3 is 1. The normalized spacial score (nSPS) is 31.9. The lowest BCUT2D eigenvalue weighted by molar-refractivity contribution is -0.353. The van der Waals surface area contributed by atoms with Crippen LogP contribution in [-0.4, -0.2) is 197 Å². The molecule has 0 aromatic heterocycles. The van der Waals surface area contributed by atoms with E-state index < -0.39 is 142 Å². The van der Waals surface area contributed by atoms with Gasteiger partial charge in [0.05, 0.1) is 25.3 Å². The molecule has 3 aromatic carbocycles. The molecule has 3 fully saturated rings. The third-order valence-corrected chi connectivity index (χ3v) is 11.4. The van der Waals surface area contributed by atoms with Gasteiger partial charge in [-0.1, -0.05) is 6.07 Å². The standard InChI is InChI=1S/C45H50O25/c1-61-27-10-18(2-8-23(27)48)3-9-32(52)62-16-30-36(56)38(58)42(70-43-39(59)34(54)24(49)15-64-43)45(69-30)67-28-13-22-25(65-41(28)19-4-6-20(46)7-5-19)11-21(47)12-26(22)66-44-40(60)37(57)35(55)29(68-44)17-63-33(53)14-31(50)51/h2-13,24,29-30,34-49,54-60H,14-17H2,1H3,(H,50,51)/p+1. The Balaban J connectivity index is 1.20. The van der Waals surface area contributed by atoms with E-state index in [-0.39, 0.29) is 40.1 Å². The molecule has 0 amide bonds. The molecule has 0 aliphatic carbocycles. The summed E-state index contributed by atoms with van der Waals surface area (Å²) in [6.45, 7) is -2.03. The number of aliphatic hydroxyl groups is 9.